The third-order valence-corrected chi connectivity index (χ3v) is 6.45. The highest BCUT2D eigenvalue weighted by Gasteiger charge is 2.35. The van der Waals surface area contributed by atoms with Crippen LogP contribution >= 0.6 is 0 Å². The van der Waals surface area contributed by atoms with Crippen molar-refractivity contribution in [2.75, 3.05) is 0 Å². The van der Waals surface area contributed by atoms with Gasteiger partial charge >= 0.3 is 0 Å². The molecule has 0 aromatic heterocycles. The number of hydrogen-bond acceptors (Lipinski definition) is 0. The summed E-state index contributed by atoms with van der Waals surface area (Å²) in [6.45, 7) is 8.96. The summed E-state index contributed by atoms with van der Waals surface area (Å²) in [7, 11) is 0. The minimum atomic E-state index is 0.0300. The Bertz CT molecular complexity index is 1110. The maximum absolute atomic E-state index is 2.38. The van der Waals surface area contributed by atoms with Crippen molar-refractivity contribution in [3.63, 3.8) is 0 Å². The molecule has 0 bridgehead atoms. The maximum atomic E-state index is 2.38. The molecule has 0 fully saturated rings. The zero-order valence-corrected chi connectivity index (χ0v) is 17.6. The van der Waals surface area contributed by atoms with Gasteiger partial charge in [-0.25, -0.2) is 0 Å². The molecule has 1 aliphatic carbocycles. The second-order valence-corrected chi connectivity index (χ2v) is 8.88. The molecule has 4 aromatic carbocycles. The Morgan fingerprint density at radius 2 is 0.793 bits per heavy atom. The van der Waals surface area contributed by atoms with Gasteiger partial charge in [0.1, 0.15) is 0 Å². The molecule has 0 spiro atoms. The van der Waals surface area contributed by atoms with E-state index in [2.05, 4.69) is 113 Å². The van der Waals surface area contributed by atoms with E-state index in [1.807, 2.05) is 0 Å². The Balaban J connectivity index is 1.67. The lowest BCUT2D eigenvalue weighted by Crippen LogP contribution is -2.14. The minimum Gasteiger partial charge on any atom is -0.0587 e. The molecular weight excluding hydrogens is 348 g/mol. The van der Waals surface area contributed by atoms with E-state index in [9.17, 15) is 0 Å². The summed E-state index contributed by atoms with van der Waals surface area (Å²) >= 11 is 0. The third-order valence-electron chi connectivity index (χ3n) is 6.45. The zero-order chi connectivity index (χ0) is 20.2. The van der Waals surface area contributed by atoms with Crippen LogP contribution in [-0.4, -0.2) is 0 Å². The molecule has 0 saturated carbocycles. The molecule has 0 heteroatoms. The molecule has 0 atom stereocenters. The van der Waals surface area contributed by atoms with Crippen LogP contribution in [0, 0.1) is 13.8 Å². The topological polar surface area (TPSA) is 0 Å². The highest BCUT2D eigenvalue weighted by atomic mass is 14.4. The van der Waals surface area contributed by atoms with E-state index in [-0.39, 0.29) is 5.41 Å². The normalized spacial score (nSPS) is 13.8. The van der Waals surface area contributed by atoms with Gasteiger partial charge in [-0.3, -0.25) is 0 Å². The van der Waals surface area contributed by atoms with Gasteiger partial charge in [0.25, 0.3) is 0 Å². The van der Waals surface area contributed by atoms with E-state index < -0.39 is 0 Å². The largest absolute Gasteiger partial charge is 0.0587 e. The van der Waals surface area contributed by atoms with Crippen LogP contribution in [0.2, 0.25) is 0 Å². The molecule has 0 unspecified atom stereocenters. The second-order valence-electron chi connectivity index (χ2n) is 8.88. The van der Waals surface area contributed by atoms with E-state index >= 15 is 0 Å². The molecule has 0 nitrogen and oxygen atoms in total. The minimum absolute atomic E-state index is 0.0300. The smallest absolute Gasteiger partial charge is 0.0158 e. The Hall–Kier alpha value is -3.12. The summed E-state index contributed by atoms with van der Waals surface area (Å²) in [5, 5.41) is 0. The fraction of sp³-hybridized carbons (Fsp3) is 0.172. The zero-order valence-electron chi connectivity index (χ0n) is 17.6. The van der Waals surface area contributed by atoms with Crippen LogP contribution < -0.4 is 0 Å². The summed E-state index contributed by atoms with van der Waals surface area (Å²) in [6.07, 6.45) is 0. The number of fused-ring (bicyclic) bond motifs is 3. The molecule has 0 N–H and O–H groups in total. The lowest BCUT2D eigenvalue weighted by atomic mass is 9.82. The van der Waals surface area contributed by atoms with Gasteiger partial charge in [0, 0.05) is 5.41 Å². The first-order chi connectivity index (χ1) is 13.9. The molecule has 4 aromatic rings. The Morgan fingerprint density at radius 3 is 1.17 bits per heavy atom. The van der Waals surface area contributed by atoms with Crippen molar-refractivity contribution in [2.24, 2.45) is 0 Å². The number of aryl methyl sites for hydroxylation is 2. The lowest BCUT2D eigenvalue weighted by Gasteiger charge is -2.21. The van der Waals surface area contributed by atoms with E-state index in [0.717, 1.165) is 0 Å². The first kappa shape index (κ1) is 17.9. The summed E-state index contributed by atoms with van der Waals surface area (Å²) in [6, 6.07) is 31.6. The number of hydrogen-bond donors (Lipinski definition) is 0. The molecule has 1 aliphatic rings. The van der Waals surface area contributed by atoms with Crippen LogP contribution in [0.3, 0.4) is 0 Å². The van der Waals surface area contributed by atoms with Gasteiger partial charge in [0.15, 0.2) is 0 Å². The standard InChI is InChI=1S/C29H26/c1-19-5-9-21(10-6-19)23-13-15-27-25(17-23)26-18-24(14-16-28(26)29(27,3)4)22-11-7-20(2)8-12-22/h5-18H,1-4H3. The van der Waals surface area contributed by atoms with Crippen molar-refractivity contribution >= 4 is 0 Å². The van der Waals surface area contributed by atoms with Gasteiger partial charge < -0.3 is 0 Å². The van der Waals surface area contributed by atoms with Crippen LogP contribution in [0.25, 0.3) is 33.4 Å². The van der Waals surface area contributed by atoms with Gasteiger partial charge in [-0.1, -0.05) is 97.8 Å². The Morgan fingerprint density at radius 1 is 0.448 bits per heavy atom. The van der Waals surface area contributed by atoms with Crippen LogP contribution in [0.4, 0.5) is 0 Å². The Labute approximate surface area is 173 Å². The van der Waals surface area contributed by atoms with Gasteiger partial charge in [-0.05, 0) is 70.5 Å². The van der Waals surface area contributed by atoms with Gasteiger partial charge in [0.05, 0.1) is 0 Å². The van der Waals surface area contributed by atoms with Crippen molar-refractivity contribution in [3.05, 3.63) is 107 Å². The van der Waals surface area contributed by atoms with Crippen molar-refractivity contribution < 1.29 is 0 Å². The highest BCUT2D eigenvalue weighted by Crippen LogP contribution is 2.50. The first-order valence-corrected chi connectivity index (χ1v) is 10.4. The number of benzene rings is 4. The monoisotopic (exact) mass is 374 g/mol. The Kier molecular flexibility index (Phi) is 3.99. The predicted octanol–water partition coefficient (Wildman–Crippen LogP) is 7.94. The molecule has 29 heavy (non-hydrogen) atoms. The fourth-order valence-electron chi connectivity index (χ4n) is 4.62. The van der Waals surface area contributed by atoms with Gasteiger partial charge in [0.2, 0.25) is 0 Å². The van der Waals surface area contributed by atoms with Crippen molar-refractivity contribution in [3.8, 4) is 33.4 Å². The number of rotatable bonds is 2. The summed E-state index contributed by atoms with van der Waals surface area (Å²) < 4.78 is 0. The fourth-order valence-corrected chi connectivity index (χ4v) is 4.62. The van der Waals surface area contributed by atoms with Crippen LogP contribution in [0.5, 0.6) is 0 Å². The van der Waals surface area contributed by atoms with Crippen LogP contribution in [-0.2, 0) is 5.41 Å². The average Bonchev–Trinajstić information content (AvgIpc) is 2.95. The lowest BCUT2D eigenvalue weighted by molar-refractivity contribution is 0.660. The summed E-state index contributed by atoms with van der Waals surface area (Å²) in [4.78, 5) is 0. The third kappa shape index (κ3) is 2.91. The summed E-state index contributed by atoms with van der Waals surface area (Å²) in [5.74, 6) is 0. The molecular formula is C29H26. The van der Waals surface area contributed by atoms with E-state index in [4.69, 9.17) is 0 Å². The maximum Gasteiger partial charge on any atom is 0.0158 e. The van der Waals surface area contributed by atoms with Crippen LogP contribution in [0.1, 0.15) is 36.1 Å². The van der Waals surface area contributed by atoms with Crippen molar-refractivity contribution in [1.82, 2.24) is 0 Å². The molecule has 5 rings (SSSR count). The van der Waals surface area contributed by atoms with Gasteiger partial charge in [-0.15, -0.1) is 0 Å². The second kappa shape index (κ2) is 6.46. The van der Waals surface area contributed by atoms with Crippen molar-refractivity contribution in [1.29, 1.82) is 0 Å². The molecule has 142 valence electrons. The average molecular weight is 375 g/mol. The van der Waals surface area contributed by atoms with E-state index in [1.165, 1.54) is 55.6 Å². The molecule has 0 heterocycles. The SMILES string of the molecule is Cc1ccc(-c2ccc3c(c2)-c2cc(-c4ccc(C)cc4)ccc2C3(C)C)cc1. The molecule has 0 radical (unpaired) electrons. The van der Waals surface area contributed by atoms with Crippen LogP contribution in [0.15, 0.2) is 84.9 Å². The van der Waals surface area contributed by atoms with E-state index in [1.54, 1.807) is 0 Å². The molecule has 0 amide bonds. The van der Waals surface area contributed by atoms with Gasteiger partial charge in [-0.2, -0.15) is 0 Å². The first-order valence-electron chi connectivity index (χ1n) is 10.4. The molecule has 0 aliphatic heterocycles. The predicted molar refractivity (Wildman–Crippen MR) is 124 cm³/mol. The van der Waals surface area contributed by atoms with E-state index in [0.29, 0.717) is 0 Å². The van der Waals surface area contributed by atoms with Crippen molar-refractivity contribution in [2.45, 2.75) is 33.1 Å². The quantitative estimate of drug-likeness (QED) is 0.334. The highest BCUT2D eigenvalue weighted by molar-refractivity contribution is 5.87. The summed E-state index contributed by atoms with van der Waals surface area (Å²) in [5.41, 5.74) is 13.3. The molecule has 0 saturated heterocycles.